The van der Waals surface area contributed by atoms with E-state index < -0.39 is 0 Å². The Balaban J connectivity index is 1.45. The van der Waals surface area contributed by atoms with Crippen molar-refractivity contribution in [1.29, 1.82) is 0 Å². The molecule has 4 rings (SSSR count). The van der Waals surface area contributed by atoms with Crippen LogP contribution in [-0.4, -0.2) is 70.9 Å². The monoisotopic (exact) mass is 342 g/mol. The molecular formula is C19H26N4O2. The van der Waals surface area contributed by atoms with Crippen LogP contribution in [-0.2, 0) is 16.1 Å². The summed E-state index contributed by atoms with van der Waals surface area (Å²) in [6.45, 7) is 7.81. The van der Waals surface area contributed by atoms with E-state index in [0.29, 0.717) is 18.5 Å². The molecule has 2 fully saturated rings. The van der Waals surface area contributed by atoms with E-state index in [2.05, 4.69) is 16.9 Å². The number of para-hydroxylation sites is 1. The number of carbonyl (C=O) groups excluding carboxylic acids is 1. The molecule has 134 valence electrons. The number of rotatable bonds is 4. The van der Waals surface area contributed by atoms with Crippen LogP contribution in [0.25, 0.3) is 10.9 Å². The first-order valence-electron chi connectivity index (χ1n) is 9.26. The summed E-state index contributed by atoms with van der Waals surface area (Å²) in [5.74, 6) is 0.722. The van der Waals surface area contributed by atoms with E-state index in [4.69, 9.17) is 4.74 Å². The molecule has 2 aliphatic rings. The minimum absolute atomic E-state index is 0.170. The van der Waals surface area contributed by atoms with Crippen LogP contribution in [0, 0.1) is 5.92 Å². The van der Waals surface area contributed by atoms with Crippen molar-refractivity contribution >= 4 is 16.8 Å². The number of morpholine rings is 1. The van der Waals surface area contributed by atoms with Gasteiger partial charge in [-0.15, -0.1) is 0 Å². The number of amides is 1. The van der Waals surface area contributed by atoms with Crippen molar-refractivity contribution in [2.75, 3.05) is 39.4 Å². The highest BCUT2D eigenvalue weighted by atomic mass is 16.5. The van der Waals surface area contributed by atoms with Gasteiger partial charge in [-0.25, -0.2) is 0 Å². The zero-order valence-corrected chi connectivity index (χ0v) is 14.8. The highest BCUT2D eigenvalue weighted by Crippen LogP contribution is 2.26. The van der Waals surface area contributed by atoms with Gasteiger partial charge in [-0.1, -0.05) is 31.5 Å². The molecular weight excluding hydrogens is 316 g/mol. The molecule has 0 saturated carbocycles. The number of fused-ring (bicyclic) bond motifs is 1. The van der Waals surface area contributed by atoms with E-state index in [-0.39, 0.29) is 5.91 Å². The molecule has 6 heteroatoms. The molecule has 0 N–H and O–H groups in total. The Labute approximate surface area is 148 Å². The molecule has 1 amide bonds. The topological polar surface area (TPSA) is 50.6 Å². The number of carbonyl (C=O) groups is 1. The minimum atomic E-state index is 0.170. The Bertz CT molecular complexity index is 738. The van der Waals surface area contributed by atoms with Crippen LogP contribution in [0.4, 0.5) is 0 Å². The van der Waals surface area contributed by atoms with Crippen LogP contribution in [0.3, 0.4) is 0 Å². The van der Waals surface area contributed by atoms with Gasteiger partial charge >= 0.3 is 0 Å². The third-order valence-electron chi connectivity index (χ3n) is 5.63. The largest absolute Gasteiger partial charge is 0.379 e. The van der Waals surface area contributed by atoms with E-state index in [1.54, 1.807) is 0 Å². The van der Waals surface area contributed by atoms with Gasteiger partial charge in [0.1, 0.15) is 6.54 Å². The SMILES string of the molecule is CC[C@H]1CN(C(=O)Cn2ncc3ccccc32)C[C@H]1N1CCOCC1. The van der Waals surface area contributed by atoms with E-state index in [1.165, 1.54) is 0 Å². The Hall–Kier alpha value is -1.92. The molecule has 0 unspecified atom stereocenters. The Kier molecular flexibility index (Phi) is 4.72. The molecule has 2 saturated heterocycles. The van der Waals surface area contributed by atoms with Gasteiger partial charge in [0, 0.05) is 37.6 Å². The summed E-state index contributed by atoms with van der Waals surface area (Å²) >= 11 is 0. The number of ether oxygens (including phenoxy) is 1. The van der Waals surface area contributed by atoms with Crippen LogP contribution in [0.15, 0.2) is 30.5 Å². The van der Waals surface area contributed by atoms with Gasteiger partial charge in [-0.3, -0.25) is 14.4 Å². The fourth-order valence-corrected chi connectivity index (χ4v) is 4.16. The lowest BCUT2D eigenvalue weighted by atomic mass is 9.99. The van der Waals surface area contributed by atoms with Gasteiger partial charge in [0.15, 0.2) is 0 Å². The Morgan fingerprint density at radius 2 is 2.04 bits per heavy atom. The summed E-state index contributed by atoms with van der Waals surface area (Å²) in [6, 6.07) is 8.50. The van der Waals surface area contributed by atoms with Crippen LogP contribution in [0.5, 0.6) is 0 Å². The third-order valence-corrected chi connectivity index (χ3v) is 5.63. The van der Waals surface area contributed by atoms with E-state index in [0.717, 1.165) is 56.7 Å². The molecule has 0 aliphatic carbocycles. The molecule has 25 heavy (non-hydrogen) atoms. The van der Waals surface area contributed by atoms with E-state index >= 15 is 0 Å². The van der Waals surface area contributed by atoms with Crippen LogP contribution >= 0.6 is 0 Å². The molecule has 1 aromatic heterocycles. The minimum Gasteiger partial charge on any atom is -0.379 e. The lowest BCUT2D eigenvalue weighted by molar-refractivity contribution is -0.131. The maximum Gasteiger partial charge on any atom is 0.244 e. The summed E-state index contributed by atoms with van der Waals surface area (Å²) < 4.78 is 7.30. The first-order chi connectivity index (χ1) is 12.3. The molecule has 2 atom stereocenters. The molecule has 1 aromatic carbocycles. The molecule has 0 radical (unpaired) electrons. The van der Waals surface area contributed by atoms with Crippen molar-refractivity contribution in [3.8, 4) is 0 Å². The zero-order chi connectivity index (χ0) is 17.2. The Morgan fingerprint density at radius 3 is 2.84 bits per heavy atom. The van der Waals surface area contributed by atoms with Crippen LogP contribution in [0.2, 0.25) is 0 Å². The summed E-state index contributed by atoms with van der Waals surface area (Å²) in [5, 5.41) is 5.48. The van der Waals surface area contributed by atoms with Crippen molar-refractivity contribution in [3.63, 3.8) is 0 Å². The first kappa shape index (κ1) is 16.5. The summed E-state index contributed by atoms with van der Waals surface area (Å²) in [5.41, 5.74) is 1.02. The van der Waals surface area contributed by atoms with E-state index in [9.17, 15) is 4.79 Å². The van der Waals surface area contributed by atoms with Gasteiger partial charge in [-0.2, -0.15) is 5.10 Å². The molecule has 2 aliphatic heterocycles. The number of hydrogen-bond donors (Lipinski definition) is 0. The zero-order valence-electron chi connectivity index (χ0n) is 14.8. The highest BCUT2D eigenvalue weighted by molar-refractivity contribution is 5.82. The molecule has 3 heterocycles. The summed E-state index contributed by atoms with van der Waals surface area (Å²) in [7, 11) is 0. The van der Waals surface area contributed by atoms with Crippen molar-refractivity contribution in [3.05, 3.63) is 30.5 Å². The number of benzene rings is 1. The van der Waals surface area contributed by atoms with Gasteiger partial charge in [0.25, 0.3) is 0 Å². The average molecular weight is 342 g/mol. The van der Waals surface area contributed by atoms with Crippen LogP contribution in [0.1, 0.15) is 13.3 Å². The van der Waals surface area contributed by atoms with Gasteiger partial charge in [0.2, 0.25) is 5.91 Å². The van der Waals surface area contributed by atoms with Crippen molar-refractivity contribution < 1.29 is 9.53 Å². The maximum absolute atomic E-state index is 12.9. The fourth-order valence-electron chi connectivity index (χ4n) is 4.16. The smallest absolute Gasteiger partial charge is 0.244 e. The quantitative estimate of drug-likeness (QED) is 0.847. The number of nitrogens with zero attached hydrogens (tertiary/aromatic N) is 4. The number of hydrogen-bond acceptors (Lipinski definition) is 4. The lowest BCUT2D eigenvalue weighted by Gasteiger charge is -2.34. The lowest BCUT2D eigenvalue weighted by Crippen LogP contribution is -2.47. The van der Waals surface area contributed by atoms with Crippen molar-refractivity contribution in [1.82, 2.24) is 19.6 Å². The molecule has 2 aromatic rings. The Morgan fingerprint density at radius 1 is 1.24 bits per heavy atom. The second-order valence-electron chi connectivity index (χ2n) is 7.04. The normalized spacial score (nSPS) is 24.9. The summed E-state index contributed by atoms with van der Waals surface area (Å²) in [6.07, 6.45) is 2.94. The standard InChI is InChI=1S/C19H26N4O2/c1-2-15-12-22(13-18(15)21-7-9-25-10-8-21)19(24)14-23-17-6-4-3-5-16(17)11-20-23/h3-6,11,15,18H,2,7-10,12-14H2,1H3/t15-,18+/m0/s1. The summed E-state index contributed by atoms with van der Waals surface area (Å²) in [4.78, 5) is 17.4. The van der Waals surface area contributed by atoms with Crippen molar-refractivity contribution in [2.45, 2.75) is 25.9 Å². The van der Waals surface area contributed by atoms with Gasteiger partial charge < -0.3 is 9.64 Å². The van der Waals surface area contributed by atoms with Crippen molar-refractivity contribution in [2.24, 2.45) is 5.92 Å². The predicted octanol–water partition coefficient (Wildman–Crippen LogP) is 1.61. The first-order valence-corrected chi connectivity index (χ1v) is 9.26. The third kappa shape index (κ3) is 3.28. The fraction of sp³-hybridized carbons (Fsp3) is 0.579. The molecule has 6 nitrogen and oxygen atoms in total. The molecule has 0 spiro atoms. The number of aromatic nitrogens is 2. The molecule has 0 bridgehead atoms. The highest BCUT2D eigenvalue weighted by Gasteiger charge is 2.38. The van der Waals surface area contributed by atoms with Crippen LogP contribution < -0.4 is 0 Å². The van der Waals surface area contributed by atoms with Gasteiger partial charge in [0.05, 0.1) is 24.9 Å². The van der Waals surface area contributed by atoms with E-state index in [1.807, 2.05) is 40.0 Å². The van der Waals surface area contributed by atoms with Gasteiger partial charge in [-0.05, 0) is 12.0 Å². The predicted molar refractivity (Wildman–Crippen MR) is 96.3 cm³/mol. The number of likely N-dealkylation sites (tertiary alicyclic amines) is 1. The maximum atomic E-state index is 12.9. The second-order valence-corrected chi connectivity index (χ2v) is 7.04. The average Bonchev–Trinajstić information content (AvgIpc) is 3.27. The second kappa shape index (κ2) is 7.14.